The number of alkyl halides is 1. The molecule has 130 valence electrons. The summed E-state index contributed by atoms with van der Waals surface area (Å²) in [6.45, 7) is 3.93. The van der Waals surface area contributed by atoms with Crippen LogP contribution < -0.4 is 4.74 Å². The highest BCUT2D eigenvalue weighted by atomic mass is 35.5. The maximum Gasteiger partial charge on any atom is 0.154 e. The predicted octanol–water partition coefficient (Wildman–Crippen LogP) is 4.58. The van der Waals surface area contributed by atoms with Gasteiger partial charge in [0.05, 0.1) is 17.9 Å². The minimum atomic E-state index is -1.55. The number of aliphatic hydroxyl groups excluding tert-OH is 1. The fraction of sp³-hybridized carbons (Fsp3) is 0.368. The van der Waals surface area contributed by atoms with Crippen molar-refractivity contribution in [3.8, 4) is 5.75 Å². The van der Waals surface area contributed by atoms with E-state index in [1.54, 1.807) is 43.5 Å². The first-order valence-corrected chi connectivity index (χ1v) is 9.44. The minimum absolute atomic E-state index is 0.433. The zero-order chi connectivity index (χ0) is 17.7. The number of benzene rings is 2. The molecule has 0 aliphatic rings. The normalized spacial score (nSPS) is 16.2. The van der Waals surface area contributed by atoms with Gasteiger partial charge in [-0.2, -0.15) is 0 Å². The topological polar surface area (TPSA) is 46.5 Å². The fourth-order valence-corrected chi connectivity index (χ4v) is 4.65. The smallest absolute Gasteiger partial charge is 0.154 e. The van der Waals surface area contributed by atoms with Crippen LogP contribution in [0.1, 0.15) is 37.0 Å². The maximum absolute atomic E-state index is 13.1. The number of halogens is 1. The lowest BCUT2D eigenvalue weighted by Gasteiger charge is -2.31. The van der Waals surface area contributed by atoms with Gasteiger partial charge in [-0.05, 0) is 43.2 Å². The Morgan fingerprint density at radius 1 is 1.17 bits per heavy atom. The summed E-state index contributed by atoms with van der Waals surface area (Å²) in [5.41, 5.74) is 1.71. The molecule has 0 bridgehead atoms. The number of aryl methyl sites for hydroxylation is 1. The van der Waals surface area contributed by atoms with Gasteiger partial charge in [0.2, 0.25) is 0 Å². The van der Waals surface area contributed by atoms with Crippen molar-refractivity contribution in [2.75, 3.05) is 7.11 Å². The summed E-state index contributed by atoms with van der Waals surface area (Å²) in [6.07, 6.45) is 0.100. The molecule has 0 aliphatic heterocycles. The average molecular weight is 367 g/mol. The molecule has 2 aromatic rings. The molecule has 0 amide bonds. The van der Waals surface area contributed by atoms with Crippen molar-refractivity contribution in [1.82, 2.24) is 0 Å². The molecule has 0 aromatic heterocycles. The number of hydrogen-bond acceptors (Lipinski definition) is 3. The number of ether oxygens (including phenoxy) is 1. The third-order valence-electron chi connectivity index (χ3n) is 3.97. The van der Waals surface area contributed by atoms with Gasteiger partial charge < -0.3 is 9.84 Å². The highest BCUT2D eigenvalue weighted by molar-refractivity contribution is 7.88. The molecular formula is C19H23ClO3S. The van der Waals surface area contributed by atoms with Crippen LogP contribution in [0, 0.1) is 6.92 Å². The Morgan fingerprint density at radius 2 is 1.75 bits per heavy atom. The van der Waals surface area contributed by atoms with Crippen LogP contribution in [0.15, 0.2) is 53.4 Å². The molecule has 1 unspecified atom stereocenters. The van der Waals surface area contributed by atoms with Gasteiger partial charge in [-0.3, -0.25) is 4.21 Å². The Morgan fingerprint density at radius 3 is 2.25 bits per heavy atom. The summed E-state index contributed by atoms with van der Waals surface area (Å²) in [6, 6.07) is 14.4. The lowest BCUT2D eigenvalue weighted by atomic mass is 10.0. The summed E-state index contributed by atoms with van der Waals surface area (Å²) in [4.78, 5) is 0.622. The van der Waals surface area contributed by atoms with Crippen LogP contribution in [0.4, 0.5) is 0 Å². The van der Waals surface area contributed by atoms with E-state index >= 15 is 0 Å². The first kappa shape index (κ1) is 19.0. The summed E-state index contributed by atoms with van der Waals surface area (Å²) in [5.74, 6) is 0.696. The van der Waals surface area contributed by atoms with E-state index in [4.69, 9.17) is 16.3 Å². The first-order valence-electron chi connectivity index (χ1n) is 7.92. The molecule has 2 rings (SSSR count). The summed E-state index contributed by atoms with van der Waals surface area (Å²) >= 11 is 6.74. The maximum atomic E-state index is 13.1. The van der Waals surface area contributed by atoms with Crippen molar-refractivity contribution in [1.29, 1.82) is 0 Å². The Kier molecular flexibility index (Phi) is 6.44. The van der Waals surface area contributed by atoms with E-state index in [1.165, 1.54) is 0 Å². The van der Waals surface area contributed by atoms with Gasteiger partial charge in [0.1, 0.15) is 11.9 Å². The van der Waals surface area contributed by atoms with Crippen LogP contribution in [0.2, 0.25) is 0 Å². The predicted molar refractivity (Wildman–Crippen MR) is 99.0 cm³/mol. The molecule has 0 aliphatic carbocycles. The molecular weight excluding hydrogens is 344 g/mol. The van der Waals surface area contributed by atoms with Crippen LogP contribution in [0.3, 0.4) is 0 Å². The number of hydrogen-bond donors (Lipinski definition) is 1. The summed E-state index contributed by atoms with van der Waals surface area (Å²) in [5, 5.41) is 10.9. The molecule has 0 fully saturated rings. The van der Waals surface area contributed by atoms with Crippen LogP contribution in [-0.2, 0) is 10.8 Å². The van der Waals surface area contributed by atoms with Gasteiger partial charge in [0.25, 0.3) is 0 Å². The molecule has 24 heavy (non-hydrogen) atoms. The second-order valence-corrected chi connectivity index (χ2v) is 8.43. The Labute approximate surface area is 151 Å². The van der Waals surface area contributed by atoms with Crippen molar-refractivity contribution in [2.45, 2.75) is 41.9 Å². The number of aliphatic hydroxyl groups is 1. The zero-order valence-corrected chi connectivity index (χ0v) is 15.7. The van der Waals surface area contributed by atoms with Gasteiger partial charge in [0.15, 0.2) is 4.21 Å². The highest BCUT2D eigenvalue weighted by Crippen LogP contribution is 2.42. The largest absolute Gasteiger partial charge is 0.497 e. The van der Waals surface area contributed by atoms with E-state index < -0.39 is 21.1 Å². The lowest BCUT2D eigenvalue weighted by molar-refractivity contribution is 0.154. The monoisotopic (exact) mass is 366 g/mol. The van der Waals surface area contributed by atoms with Crippen molar-refractivity contribution < 1.29 is 14.1 Å². The van der Waals surface area contributed by atoms with Crippen molar-refractivity contribution in [3.63, 3.8) is 0 Å². The SMILES string of the molecule is CCC[C@@](Cl)([C@@H](O)c1ccc(OC)cc1)S(=O)c1ccc(C)cc1. The Hall–Kier alpha value is -1.36. The Bertz CT molecular complexity index is 685. The van der Waals surface area contributed by atoms with Gasteiger partial charge in [0, 0.05) is 4.90 Å². The molecule has 3 nitrogen and oxygen atoms in total. The molecule has 0 spiro atoms. The quantitative estimate of drug-likeness (QED) is 0.729. The van der Waals surface area contributed by atoms with Crippen LogP contribution in [-0.4, -0.2) is 20.6 Å². The second kappa shape index (κ2) is 8.15. The third kappa shape index (κ3) is 4.00. The molecule has 1 N–H and O–H groups in total. The average Bonchev–Trinajstić information content (AvgIpc) is 2.61. The van der Waals surface area contributed by atoms with E-state index in [-0.39, 0.29) is 0 Å². The molecule has 0 radical (unpaired) electrons. The van der Waals surface area contributed by atoms with Crippen LogP contribution in [0.5, 0.6) is 5.75 Å². The van der Waals surface area contributed by atoms with E-state index in [1.807, 2.05) is 26.0 Å². The zero-order valence-electron chi connectivity index (χ0n) is 14.2. The fourth-order valence-electron chi connectivity index (χ4n) is 2.56. The van der Waals surface area contributed by atoms with E-state index in [0.717, 1.165) is 5.56 Å². The third-order valence-corrected chi connectivity index (χ3v) is 6.53. The second-order valence-electron chi connectivity index (χ2n) is 5.79. The summed E-state index contributed by atoms with van der Waals surface area (Å²) < 4.78 is 17.0. The van der Waals surface area contributed by atoms with E-state index in [9.17, 15) is 9.32 Å². The van der Waals surface area contributed by atoms with Crippen LogP contribution in [0.25, 0.3) is 0 Å². The van der Waals surface area contributed by atoms with Crippen molar-refractivity contribution in [3.05, 3.63) is 59.7 Å². The molecule has 3 atom stereocenters. The van der Waals surface area contributed by atoms with Gasteiger partial charge >= 0.3 is 0 Å². The number of rotatable bonds is 7. The van der Waals surface area contributed by atoms with Gasteiger partial charge in [-0.1, -0.05) is 43.2 Å². The van der Waals surface area contributed by atoms with E-state index in [2.05, 4.69) is 0 Å². The van der Waals surface area contributed by atoms with Crippen LogP contribution >= 0.6 is 11.6 Å². The van der Waals surface area contributed by atoms with Gasteiger partial charge in [-0.15, -0.1) is 11.6 Å². The highest BCUT2D eigenvalue weighted by Gasteiger charge is 2.42. The lowest BCUT2D eigenvalue weighted by Crippen LogP contribution is -2.35. The van der Waals surface area contributed by atoms with E-state index in [0.29, 0.717) is 29.1 Å². The standard InChI is InChI=1S/C19H23ClO3S/c1-4-13-19(20,24(22)17-11-5-14(2)6-12-17)18(21)15-7-9-16(23-3)10-8-15/h5-12,18,21H,4,13H2,1-3H3/t18-,19-,24?/m0/s1. The molecule has 5 heteroatoms. The number of methoxy groups -OCH3 is 1. The minimum Gasteiger partial charge on any atom is -0.497 e. The molecule has 2 aromatic carbocycles. The molecule has 0 heterocycles. The first-order chi connectivity index (χ1) is 11.4. The van der Waals surface area contributed by atoms with Gasteiger partial charge in [-0.25, -0.2) is 0 Å². The van der Waals surface area contributed by atoms with Crippen molar-refractivity contribution >= 4 is 22.4 Å². The molecule has 0 saturated carbocycles. The Balaban J connectivity index is 2.36. The van der Waals surface area contributed by atoms with Crippen molar-refractivity contribution in [2.24, 2.45) is 0 Å². The molecule has 0 saturated heterocycles. The summed E-state index contributed by atoms with van der Waals surface area (Å²) in [7, 11) is 0.0357.